The lowest BCUT2D eigenvalue weighted by atomic mass is 9.83. The Bertz CT molecular complexity index is 1880. The molecule has 4 amide bonds. The minimum absolute atomic E-state index is 0.122. The molecule has 14 heteroatoms. The molecule has 0 unspecified atom stereocenters. The number of aryl methyl sites for hydroxylation is 1. The van der Waals surface area contributed by atoms with Crippen molar-refractivity contribution < 1.29 is 37.1 Å². The monoisotopic (exact) mass is 749 g/mol. The van der Waals surface area contributed by atoms with Crippen LogP contribution in [0.1, 0.15) is 88.3 Å². The third-order valence-electron chi connectivity index (χ3n) is 11.9. The summed E-state index contributed by atoms with van der Waals surface area (Å²) in [7, 11) is -2.21. The van der Waals surface area contributed by atoms with Gasteiger partial charge in [0.25, 0.3) is 5.91 Å². The van der Waals surface area contributed by atoms with E-state index in [9.17, 15) is 27.6 Å². The lowest BCUT2D eigenvalue weighted by Gasteiger charge is -2.34. The third-order valence-corrected chi connectivity index (χ3v) is 13.8. The summed E-state index contributed by atoms with van der Waals surface area (Å²) in [5, 5.41) is 7.15. The minimum Gasteiger partial charge on any atom is -0.496 e. The maximum absolute atomic E-state index is 14.7. The van der Waals surface area contributed by atoms with Gasteiger partial charge in [-0.2, -0.15) is 0 Å². The van der Waals surface area contributed by atoms with Crippen molar-refractivity contribution in [3.8, 4) is 5.75 Å². The van der Waals surface area contributed by atoms with E-state index in [2.05, 4.69) is 28.0 Å². The number of sulfonamides is 1. The van der Waals surface area contributed by atoms with Gasteiger partial charge in [0.05, 0.1) is 19.0 Å². The van der Waals surface area contributed by atoms with E-state index in [1.807, 2.05) is 12.1 Å². The highest BCUT2D eigenvalue weighted by atomic mass is 32.2. The van der Waals surface area contributed by atoms with Crippen molar-refractivity contribution in [3.05, 3.63) is 48.3 Å². The number of amides is 4. The second-order valence-corrected chi connectivity index (χ2v) is 17.6. The zero-order chi connectivity index (χ0) is 37.3. The normalized spacial score (nSPS) is 28.7. The van der Waals surface area contributed by atoms with E-state index in [-0.39, 0.29) is 43.7 Å². The number of methoxy groups -OCH3 is 1. The van der Waals surface area contributed by atoms with Gasteiger partial charge in [-0.3, -0.25) is 24.1 Å². The van der Waals surface area contributed by atoms with E-state index in [1.54, 1.807) is 24.3 Å². The Labute approximate surface area is 311 Å². The quantitative estimate of drug-likeness (QED) is 0.337. The zero-order valence-electron chi connectivity index (χ0n) is 30.4. The lowest BCUT2D eigenvalue weighted by molar-refractivity contribution is -0.142. The first-order chi connectivity index (χ1) is 25.5. The molecule has 0 spiro atoms. The fourth-order valence-electron chi connectivity index (χ4n) is 8.66. The number of benzene rings is 1. The molecule has 2 aliphatic heterocycles. The molecule has 7 rings (SSSR count). The van der Waals surface area contributed by atoms with Gasteiger partial charge < -0.3 is 25.0 Å². The van der Waals surface area contributed by atoms with E-state index in [0.717, 1.165) is 79.1 Å². The number of cyclic esters (lactones) is 1. The summed E-state index contributed by atoms with van der Waals surface area (Å²) in [6.07, 6.45) is 12.2. The molecule has 2 aromatic rings. The van der Waals surface area contributed by atoms with Crippen LogP contribution < -0.4 is 20.1 Å². The largest absolute Gasteiger partial charge is 0.496 e. The number of carbonyl (C=O) groups excluding carboxylic acids is 4. The molecule has 286 valence electrons. The number of nitrogens with zero attached hydrogens (tertiary/aromatic N) is 2. The number of pyridine rings is 1. The topological polar surface area (TPSA) is 173 Å². The van der Waals surface area contributed by atoms with E-state index in [4.69, 9.17) is 14.5 Å². The molecule has 13 nitrogen and oxygen atoms in total. The van der Waals surface area contributed by atoms with Gasteiger partial charge in [0.1, 0.15) is 23.4 Å². The molecule has 5 atom stereocenters. The summed E-state index contributed by atoms with van der Waals surface area (Å²) in [5.41, 5.74) is 0.419. The Balaban J connectivity index is 1.22. The first-order valence-electron chi connectivity index (χ1n) is 19.2. The van der Waals surface area contributed by atoms with E-state index >= 15 is 0 Å². The van der Waals surface area contributed by atoms with Crippen LogP contribution in [0, 0.1) is 17.8 Å². The first kappa shape index (κ1) is 37.1. The van der Waals surface area contributed by atoms with Gasteiger partial charge in [-0.1, -0.05) is 25.3 Å². The second kappa shape index (κ2) is 15.3. The van der Waals surface area contributed by atoms with Crippen LogP contribution in [-0.4, -0.2) is 85.3 Å². The summed E-state index contributed by atoms with van der Waals surface area (Å²) in [6.45, 7) is 4.26. The molecule has 3 heterocycles. The van der Waals surface area contributed by atoms with Crippen molar-refractivity contribution in [1.82, 2.24) is 25.2 Å². The Morgan fingerprint density at radius 3 is 2.58 bits per heavy atom. The number of rotatable bonds is 8. The standard InChI is InChI=1S/C39H51N5O8S/c1-3-28-22-39(28,37(47)43-53(49,50)29-13-14-29)42-35(45)32-19-24-18-31-30-20-27(33(51-2)21-26(30)15-16-40-31)12-8-5-9-17-52-38(48)41-34(36(46)44(32)23-24)25-10-6-4-7-11-25/h3,15-16,20-21,24-25,28-29,32,34H,1,4-14,17-19,22-23H2,2H3,(H,41,48)(H,42,45)(H,43,47)/t24-,28-,32+,34+,39+/m1/s1. The summed E-state index contributed by atoms with van der Waals surface area (Å²) in [5.74, 6) is -1.66. The third kappa shape index (κ3) is 7.88. The van der Waals surface area contributed by atoms with Crippen molar-refractivity contribution in [2.24, 2.45) is 17.8 Å². The number of hydrogen-bond acceptors (Lipinski definition) is 9. The number of nitrogens with one attached hydrogen (secondary N) is 3. The average molecular weight is 750 g/mol. The minimum atomic E-state index is -3.87. The van der Waals surface area contributed by atoms with Crippen LogP contribution in [0.4, 0.5) is 4.79 Å². The van der Waals surface area contributed by atoms with Gasteiger partial charge in [-0.15, -0.1) is 6.58 Å². The van der Waals surface area contributed by atoms with E-state index < -0.39 is 56.7 Å². The maximum atomic E-state index is 14.7. The Morgan fingerprint density at radius 1 is 1.09 bits per heavy atom. The van der Waals surface area contributed by atoms with Crippen molar-refractivity contribution in [2.45, 2.75) is 113 Å². The fraction of sp³-hybridized carbons (Fsp3) is 0.615. The molecule has 0 radical (unpaired) electrons. The Morgan fingerprint density at radius 2 is 1.87 bits per heavy atom. The smallest absolute Gasteiger partial charge is 0.407 e. The van der Waals surface area contributed by atoms with Gasteiger partial charge in [0.2, 0.25) is 21.8 Å². The summed E-state index contributed by atoms with van der Waals surface area (Å²) >= 11 is 0. The van der Waals surface area contributed by atoms with Crippen LogP contribution in [0.5, 0.6) is 5.75 Å². The van der Waals surface area contributed by atoms with Gasteiger partial charge in [-0.25, -0.2) is 13.2 Å². The van der Waals surface area contributed by atoms with Crippen LogP contribution in [0.15, 0.2) is 37.1 Å². The Hall–Kier alpha value is -4.20. The SMILES string of the molecule is C=C[C@@H]1C[C@@]1(NC(=O)[C@@H]1C[C@H]2Cc3nccc4cc(OC)c(cc34)CCCCCOC(=O)N[C@@H](C3CCCCC3)C(=O)N1C2)C(=O)NS(=O)(=O)C1CC1. The van der Waals surface area contributed by atoms with Crippen molar-refractivity contribution >= 4 is 44.6 Å². The summed E-state index contributed by atoms with van der Waals surface area (Å²) in [6, 6.07) is 4.25. The number of aromatic nitrogens is 1. The first-order valence-corrected chi connectivity index (χ1v) is 20.8. The van der Waals surface area contributed by atoms with Gasteiger partial charge in [-0.05, 0) is 112 Å². The number of ether oxygens (including phenoxy) is 2. The average Bonchev–Trinajstić information content (AvgIpc) is 4.08. The number of alkyl carbamates (subject to hydrolysis) is 1. The fourth-order valence-corrected chi connectivity index (χ4v) is 10.0. The van der Waals surface area contributed by atoms with Crippen LogP contribution in [-0.2, 0) is 42.0 Å². The molecule has 3 saturated carbocycles. The molecule has 4 fully saturated rings. The molecule has 53 heavy (non-hydrogen) atoms. The maximum Gasteiger partial charge on any atom is 0.407 e. The predicted molar refractivity (Wildman–Crippen MR) is 197 cm³/mol. The molecule has 3 aliphatic carbocycles. The van der Waals surface area contributed by atoms with Crippen molar-refractivity contribution in [3.63, 3.8) is 0 Å². The van der Waals surface area contributed by atoms with Crippen LogP contribution in [0.3, 0.4) is 0 Å². The molecule has 1 aromatic carbocycles. The zero-order valence-corrected chi connectivity index (χ0v) is 31.3. The highest BCUT2D eigenvalue weighted by molar-refractivity contribution is 7.91. The molecular formula is C39H51N5O8S. The number of fused-ring (bicyclic) bond motifs is 3. The van der Waals surface area contributed by atoms with Crippen molar-refractivity contribution in [1.29, 1.82) is 0 Å². The number of carbonyl (C=O) groups is 4. The van der Waals surface area contributed by atoms with E-state index in [1.165, 1.54) is 0 Å². The summed E-state index contributed by atoms with van der Waals surface area (Å²) < 4.78 is 39.0. The lowest BCUT2D eigenvalue weighted by Crippen LogP contribution is -2.59. The highest BCUT2D eigenvalue weighted by Crippen LogP contribution is 2.46. The summed E-state index contributed by atoms with van der Waals surface area (Å²) in [4.78, 5) is 62.2. The second-order valence-electron chi connectivity index (χ2n) is 15.6. The number of hydrogen-bond donors (Lipinski definition) is 3. The predicted octanol–water partition coefficient (Wildman–Crippen LogP) is 4.07. The van der Waals surface area contributed by atoms with Crippen LogP contribution in [0.2, 0.25) is 0 Å². The molecule has 1 aromatic heterocycles. The molecule has 4 bridgehead atoms. The van der Waals surface area contributed by atoms with Gasteiger partial charge in [0, 0.05) is 29.7 Å². The molecule has 3 N–H and O–H groups in total. The molecule has 1 saturated heterocycles. The molecular weight excluding hydrogens is 699 g/mol. The van der Waals surface area contributed by atoms with Gasteiger partial charge in [0.15, 0.2) is 0 Å². The van der Waals surface area contributed by atoms with Crippen molar-refractivity contribution in [2.75, 3.05) is 20.3 Å². The van der Waals surface area contributed by atoms with E-state index in [0.29, 0.717) is 25.7 Å². The van der Waals surface area contributed by atoms with Crippen LogP contribution in [0.25, 0.3) is 10.8 Å². The highest BCUT2D eigenvalue weighted by Gasteiger charge is 2.62. The van der Waals surface area contributed by atoms with Crippen LogP contribution >= 0.6 is 0 Å². The molecule has 5 aliphatic rings. The Kier molecular flexibility index (Phi) is 10.7. The van der Waals surface area contributed by atoms with Gasteiger partial charge >= 0.3 is 6.09 Å².